The van der Waals surface area contributed by atoms with Gasteiger partial charge in [-0.3, -0.25) is 4.79 Å². The number of benzene rings is 2. The van der Waals surface area contributed by atoms with Crippen LogP contribution in [0.2, 0.25) is 5.02 Å². The second-order valence-electron chi connectivity index (χ2n) is 4.23. The molecule has 4 nitrogen and oxygen atoms in total. The highest BCUT2D eigenvalue weighted by atomic mass is 35.5. The molecule has 1 amide bonds. The molecule has 0 saturated heterocycles. The van der Waals surface area contributed by atoms with Gasteiger partial charge in [0.05, 0.1) is 17.0 Å². The van der Waals surface area contributed by atoms with Crippen molar-refractivity contribution in [2.45, 2.75) is 6.42 Å². The van der Waals surface area contributed by atoms with Gasteiger partial charge >= 0.3 is 0 Å². The van der Waals surface area contributed by atoms with E-state index in [4.69, 9.17) is 22.6 Å². The largest absolute Gasteiger partial charge is 0.398 e. The Morgan fingerprint density at radius 3 is 2.75 bits per heavy atom. The predicted molar refractivity (Wildman–Crippen MR) is 79.4 cm³/mol. The summed E-state index contributed by atoms with van der Waals surface area (Å²) in [4.78, 5) is 11.9. The highest BCUT2D eigenvalue weighted by Crippen LogP contribution is 2.20. The van der Waals surface area contributed by atoms with Crippen LogP contribution < -0.4 is 11.1 Å². The number of anilines is 2. The van der Waals surface area contributed by atoms with E-state index in [0.29, 0.717) is 22.0 Å². The number of nitrogen functional groups attached to an aromatic ring is 1. The summed E-state index contributed by atoms with van der Waals surface area (Å²) < 4.78 is 0. The van der Waals surface area contributed by atoms with Crippen LogP contribution in [0.15, 0.2) is 42.5 Å². The van der Waals surface area contributed by atoms with Crippen molar-refractivity contribution >= 4 is 28.9 Å². The fourth-order valence-electron chi connectivity index (χ4n) is 1.76. The molecular formula is C15H12ClN3O. The van der Waals surface area contributed by atoms with Crippen molar-refractivity contribution in [3.63, 3.8) is 0 Å². The number of nitrogens with two attached hydrogens (primary N) is 1. The monoisotopic (exact) mass is 285 g/mol. The third-order valence-corrected chi connectivity index (χ3v) is 3.11. The SMILES string of the molecule is N#Cc1cc(NC(=O)Cc2ccccc2N)ccc1Cl. The number of hydrogen-bond donors (Lipinski definition) is 2. The van der Waals surface area contributed by atoms with Gasteiger partial charge < -0.3 is 11.1 Å². The van der Waals surface area contributed by atoms with E-state index in [0.717, 1.165) is 5.56 Å². The van der Waals surface area contributed by atoms with Crippen LogP contribution in [-0.4, -0.2) is 5.91 Å². The Morgan fingerprint density at radius 2 is 2.05 bits per heavy atom. The molecule has 0 spiro atoms. The highest BCUT2D eigenvalue weighted by Gasteiger charge is 2.08. The van der Waals surface area contributed by atoms with Crippen molar-refractivity contribution in [2.24, 2.45) is 0 Å². The normalized spacial score (nSPS) is 9.80. The molecule has 0 unspecified atom stereocenters. The molecular weight excluding hydrogens is 274 g/mol. The summed E-state index contributed by atoms with van der Waals surface area (Å²) in [5.74, 6) is -0.200. The molecule has 0 bridgehead atoms. The van der Waals surface area contributed by atoms with Crippen LogP contribution in [0, 0.1) is 11.3 Å². The minimum absolute atomic E-state index is 0.178. The quantitative estimate of drug-likeness (QED) is 0.851. The zero-order valence-corrected chi connectivity index (χ0v) is 11.3. The summed E-state index contributed by atoms with van der Waals surface area (Å²) in [6.07, 6.45) is 0.178. The molecule has 0 aliphatic heterocycles. The smallest absolute Gasteiger partial charge is 0.228 e. The number of para-hydroxylation sites is 1. The van der Waals surface area contributed by atoms with E-state index < -0.39 is 0 Å². The van der Waals surface area contributed by atoms with E-state index in [1.165, 1.54) is 6.07 Å². The first-order chi connectivity index (χ1) is 9.60. The first kappa shape index (κ1) is 13.9. The molecule has 20 heavy (non-hydrogen) atoms. The molecule has 0 heterocycles. The Morgan fingerprint density at radius 1 is 1.30 bits per heavy atom. The summed E-state index contributed by atoms with van der Waals surface area (Å²) in [6.45, 7) is 0. The maximum Gasteiger partial charge on any atom is 0.228 e. The van der Waals surface area contributed by atoms with E-state index in [2.05, 4.69) is 5.32 Å². The van der Waals surface area contributed by atoms with Gasteiger partial charge in [-0.05, 0) is 29.8 Å². The molecule has 0 atom stereocenters. The fourth-order valence-corrected chi connectivity index (χ4v) is 1.92. The van der Waals surface area contributed by atoms with Crippen molar-refractivity contribution < 1.29 is 4.79 Å². The van der Waals surface area contributed by atoms with Crippen molar-refractivity contribution in [1.82, 2.24) is 0 Å². The van der Waals surface area contributed by atoms with Crippen molar-refractivity contribution in [3.8, 4) is 6.07 Å². The summed E-state index contributed by atoms with van der Waals surface area (Å²) in [7, 11) is 0. The number of nitrogens with one attached hydrogen (secondary N) is 1. The van der Waals surface area contributed by atoms with E-state index >= 15 is 0 Å². The van der Waals surface area contributed by atoms with Gasteiger partial charge in [-0.25, -0.2) is 0 Å². The van der Waals surface area contributed by atoms with Gasteiger partial charge in [0.15, 0.2) is 0 Å². The Hall–Kier alpha value is -2.51. The van der Waals surface area contributed by atoms with E-state index in [1.54, 1.807) is 24.3 Å². The predicted octanol–water partition coefficient (Wildman–Crippen LogP) is 2.98. The van der Waals surface area contributed by atoms with Crippen LogP contribution >= 0.6 is 11.6 Å². The van der Waals surface area contributed by atoms with Gasteiger partial charge in [0.2, 0.25) is 5.91 Å². The van der Waals surface area contributed by atoms with E-state index in [9.17, 15) is 4.79 Å². The zero-order chi connectivity index (χ0) is 14.5. The molecule has 2 rings (SSSR count). The Kier molecular flexibility index (Phi) is 4.24. The van der Waals surface area contributed by atoms with Crippen LogP contribution in [0.5, 0.6) is 0 Å². The average Bonchev–Trinajstić information content (AvgIpc) is 2.43. The molecule has 5 heteroatoms. The number of amides is 1. The molecule has 3 N–H and O–H groups in total. The maximum atomic E-state index is 11.9. The minimum Gasteiger partial charge on any atom is -0.398 e. The minimum atomic E-state index is -0.200. The number of halogens is 1. The lowest BCUT2D eigenvalue weighted by molar-refractivity contribution is -0.115. The molecule has 0 aliphatic carbocycles. The summed E-state index contributed by atoms with van der Waals surface area (Å²) >= 11 is 5.83. The third-order valence-electron chi connectivity index (χ3n) is 2.78. The van der Waals surface area contributed by atoms with Gasteiger partial charge in [0.1, 0.15) is 6.07 Å². The molecule has 0 fully saturated rings. The molecule has 0 aromatic heterocycles. The summed E-state index contributed by atoms with van der Waals surface area (Å²) in [5.41, 5.74) is 7.99. The topological polar surface area (TPSA) is 78.9 Å². The van der Waals surface area contributed by atoms with Crippen LogP contribution in [0.25, 0.3) is 0 Å². The lowest BCUT2D eigenvalue weighted by Gasteiger charge is -2.08. The van der Waals surface area contributed by atoms with Gasteiger partial charge in [0.25, 0.3) is 0 Å². The number of hydrogen-bond acceptors (Lipinski definition) is 3. The summed E-state index contributed by atoms with van der Waals surface area (Å²) in [6, 6.07) is 13.9. The second kappa shape index (κ2) is 6.09. The van der Waals surface area contributed by atoms with Gasteiger partial charge in [0, 0.05) is 11.4 Å². The van der Waals surface area contributed by atoms with Crippen molar-refractivity contribution in [3.05, 3.63) is 58.6 Å². The standard InChI is InChI=1S/C15H12ClN3O/c16-13-6-5-12(7-11(13)9-17)19-15(20)8-10-3-1-2-4-14(10)18/h1-7H,8,18H2,(H,19,20). The molecule has 2 aromatic rings. The molecule has 0 saturated carbocycles. The van der Waals surface area contributed by atoms with Crippen molar-refractivity contribution in [2.75, 3.05) is 11.1 Å². The van der Waals surface area contributed by atoms with Crippen molar-refractivity contribution in [1.29, 1.82) is 5.26 Å². The van der Waals surface area contributed by atoms with Crippen LogP contribution in [0.1, 0.15) is 11.1 Å². The molecule has 0 radical (unpaired) electrons. The van der Waals surface area contributed by atoms with Gasteiger partial charge in [-0.15, -0.1) is 0 Å². The zero-order valence-electron chi connectivity index (χ0n) is 10.6. The molecule has 100 valence electrons. The van der Waals surface area contributed by atoms with Crippen LogP contribution in [-0.2, 0) is 11.2 Å². The van der Waals surface area contributed by atoms with E-state index in [1.807, 2.05) is 18.2 Å². The lowest BCUT2D eigenvalue weighted by atomic mass is 10.1. The van der Waals surface area contributed by atoms with Crippen LogP contribution in [0.4, 0.5) is 11.4 Å². The number of rotatable bonds is 3. The van der Waals surface area contributed by atoms with E-state index in [-0.39, 0.29) is 12.3 Å². The second-order valence-corrected chi connectivity index (χ2v) is 4.64. The number of carbonyl (C=O) groups excluding carboxylic acids is 1. The Balaban J connectivity index is 2.09. The maximum absolute atomic E-state index is 11.9. The number of nitrogens with zero attached hydrogens (tertiary/aromatic N) is 1. The Bertz CT molecular complexity index is 692. The number of carbonyl (C=O) groups is 1. The van der Waals surface area contributed by atoms with Gasteiger partial charge in [-0.1, -0.05) is 29.8 Å². The molecule has 2 aromatic carbocycles. The third kappa shape index (κ3) is 3.28. The van der Waals surface area contributed by atoms with Crippen LogP contribution in [0.3, 0.4) is 0 Å². The Labute approximate surface area is 121 Å². The lowest BCUT2D eigenvalue weighted by Crippen LogP contribution is -2.15. The molecule has 0 aliphatic rings. The fraction of sp³-hybridized carbons (Fsp3) is 0.0667. The first-order valence-corrected chi connectivity index (χ1v) is 6.31. The summed E-state index contributed by atoms with van der Waals surface area (Å²) in [5, 5.41) is 12.0. The average molecular weight is 286 g/mol. The highest BCUT2D eigenvalue weighted by molar-refractivity contribution is 6.31. The number of nitriles is 1. The first-order valence-electron chi connectivity index (χ1n) is 5.93. The van der Waals surface area contributed by atoms with Gasteiger partial charge in [-0.2, -0.15) is 5.26 Å².